The molecule has 8 aromatic carbocycles. The minimum Gasteiger partial charge on any atom is -0.455 e. The maximum absolute atomic E-state index is 6.73. The Morgan fingerprint density at radius 1 is 0.453 bits per heavy atom. The number of allylic oxidation sites excluding steroid dienone is 1. The fraction of sp³-hybridized carbons (Fsp3) is 0.0400. The van der Waals surface area contributed by atoms with Crippen molar-refractivity contribution < 1.29 is 4.42 Å². The van der Waals surface area contributed by atoms with E-state index in [0.29, 0.717) is 12.3 Å². The number of benzene rings is 8. The van der Waals surface area contributed by atoms with Crippen LogP contribution in [0.3, 0.4) is 0 Å². The molecule has 0 fully saturated rings. The Morgan fingerprint density at radius 2 is 1.06 bits per heavy atom. The van der Waals surface area contributed by atoms with Crippen molar-refractivity contribution in [2.24, 2.45) is 9.98 Å². The lowest BCUT2D eigenvalue weighted by Gasteiger charge is -2.10. The van der Waals surface area contributed by atoms with Gasteiger partial charge in [-0.2, -0.15) is 0 Å². The highest BCUT2D eigenvalue weighted by Crippen LogP contribution is 2.39. The number of fused-ring (bicyclic) bond motifs is 5. The van der Waals surface area contributed by atoms with Crippen molar-refractivity contribution in [2.45, 2.75) is 13.3 Å². The van der Waals surface area contributed by atoms with Gasteiger partial charge in [-0.15, -0.1) is 0 Å². The fourth-order valence-corrected chi connectivity index (χ4v) is 7.78. The van der Waals surface area contributed by atoms with Crippen LogP contribution in [-0.2, 0) is 0 Å². The van der Waals surface area contributed by atoms with Crippen molar-refractivity contribution >= 4 is 60.7 Å². The van der Waals surface area contributed by atoms with E-state index in [2.05, 4.69) is 177 Å². The summed E-state index contributed by atoms with van der Waals surface area (Å²) in [6.45, 7) is 2.18. The van der Waals surface area contributed by atoms with Gasteiger partial charge < -0.3 is 4.42 Å². The first-order valence-corrected chi connectivity index (χ1v) is 18.1. The maximum Gasteiger partial charge on any atom is 0.160 e. The van der Waals surface area contributed by atoms with Crippen LogP contribution in [0.4, 0.5) is 0 Å². The second-order valence-electron chi connectivity index (χ2n) is 13.8. The molecular weight excluding hydrogens is 645 g/mol. The molecule has 1 aliphatic rings. The van der Waals surface area contributed by atoms with Gasteiger partial charge in [0.2, 0.25) is 0 Å². The van der Waals surface area contributed by atoms with E-state index in [-0.39, 0.29) is 0 Å². The van der Waals surface area contributed by atoms with Crippen LogP contribution in [0, 0.1) is 0 Å². The molecule has 0 radical (unpaired) electrons. The Hall–Kier alpha value is -6.84. The standard InChI is InChI=1S/C50H34N2O/c1-32-28-45(41-27-25-38-29-37(23-24-39(38)31-41)33-12-4-2-5-13-33)51-50(52-48(32)35-15-6-3-7-16-35)44-20-11-21-46-47(44)43-19-10-18-42(49(43)53-46)40-26-22-34-14-8-9-17-36(34)30-40/h2-27,29-31H,28H2,1H3. The van der Waals surface area contributed by atoms with Gasteiger partial charge in [0.05, 0.1) is 11.4 Å². The molecule has 3 heteroatoms. The molecule has 0 amide bonds. The number of amidine groups is 1. The summed E-state index contributed by atoms with van der Waals surface area (Å²) in [5.74, 6) is 0.680. The third-order valence-corrected chi connectivity index (χ3v) is 10.4. The molecule has 1 aliphatic heterocycles. The number of rotatable bonds is 5. The first kappa shape index (κ1) is 30.9. The summed E-state index contributed by atoms with van der Waals surface area (Å²) in [5.41, 5.74) is 12.5. The van der Waals surface area contributed by atoms with Gasteiger partial charge in [-0.25, -0.2) is 9.98 Å². The molecule has 0 atom stereocenters. The Balaban J connectivity index is 1.14. The first-order chi connectivity index (χ1) is 26.2. The Morgan fingerprint density at radius 3 is 1.87 bits per heavy atom. The van der Waals surface area contributed by atoms with Crippen LogP contribution in [0.15, 0.2) is 196 Å². The highest BCUT2D eigenvalue weighted by atomic mass is 16.3. The number of nitrogens with zero attached hydrogens (tertiary/aromatic N) is 2. The van der Waals surface area contributed by atoms with Crippen molar-refractivity contribution in [3.05, 3.63) is 198 Å². The zero-order chi connectivity index (χ0) is 35.3. The largest absolute Gasteiger partial charge is 0.455 e. The van der Waals surface area contributed by atoms with Crippen molar-refractivity contribution in [3.63, 3.8) is 0 Å². The second-order valence-corrected chi connectivity index (χ2v) is 13.8. The molecule has 250 valence electrons. The van der Waals surface area contributed by atoms with E-state index in [9.17, 15) is 0 Å². The normalized spacial score (nSPS) is 13.5. The zero-order valence-corrected chi connectivity index (χ0v) is 29.3. The van der Waals surface area contributed by atoms with E-state index >= 15 is 0 Å². The van der Waals surface area contributed by atoms with Crippen LogP contribution in [0.1, 0.15) is 30.0 Å². The second kappa shape index (κ2) is 12.7. The van der Waals surface area contributed by atoms with Gasteiger partial charge >= 0.3 is 0 Å². The van der Waals surface area contributed by atoms with E-state index < -0.39 is 0 Å². The lowest BCUT2D eigenvalue weighted by Crippen LogP contribution is -2.06. The number of furan rings is 1. The van der Waals surface area contributed by atoms with Gasteiger partial charge in [0.15, 0.2) is 5.84 Å². The minimum absolute atomic E-state index is 0.680. The minimum atomic E-state index is 0.680. The summed E-state index contributed by atoms with van der Waals surface area (Å²) in [6, 6.07) is 62.1. The average molecular weight is 679 g/mol. The van der Waals surface area contributed by atoms with Gasteiger partial charge in [0, 0.05) is 33.9 Å². The predicted octanol–water partition coefficient (Wildman–Crippen LogP) is 13.3. The topological polar surface area (TPSA) is 37.9 Å². The predicted molar refractivity (Wildman–Crippen MR) is 223 cm³/mol. The van der Waals surface area contributed by atoms with Crippen LogP contribution in [0.2, 0.25) is 0 Å². The number of hydrogen-bond donors (Lipinski definition) is 0. The molecule has 0 aliphatic carbocycles. The summed E-state index contributed by atoms with van der Waals surface area (Å²) in [7, 11) is 0. The summed E-state index contributed by atoms with van der Waals surface area (Å²) in [4.78, 5) is 10.8. The van der Waals surface area contributed by atoms with Crippen LogP contribution >= 0.6 is 0 Å². The molecular formula is C50H34N2O. The maximum atomic E-state index is 6.73. The van der Waals surface area contributed by atoms with E-state index in [4.69, 9.17) is 14.4 Å². The fourth-order valence-electron chi connectivity index (χ4n) is 7.78. The molecule has 53 heavy (non-hydrogen) atoms. The van der Waals surface area contributed by atoms with Gasteiger partial charge in [0.1, 0.15) is 11.2 Å². The molecule has 0 bridgehead atoms. The molecule has 0 saturated carbocycles. The SMILES string of the molecule is CC1=C(c2ccccc2)N=C(c2cccc3oc4c(-c5ccc6ccccc6c5)cccc4c23)N=C(c2ccc3cc(-c4ccccc4)ccc3c2)C1. The van der Waals surface area contributed by atoms with Gasteiger partial charge in [-0.1, -0.05) is 152 Å². The van der Waals surface area contributed by atoms with Crippen molar-refractivity contribution in [1.82, 2.24) is 0 Å². The van der Waals surface area contributed by atoms with Crippen LogP contribution in [0.5, 0.6) is 0 Å². The Bertz CT molecular complexity index is 2970. The van der Waals surface area contributed by atoms with Gasteiger partial charge in [-0.3, -0.25) is 0 Å². The lowest BCUT2D eigenvalue weighted by molar-refractivity contribution is 0.670. The van der Waals surface area contributed by atoms with E-state index in [1.165, 1.54) is 38.2 Å². The average Bonchev–Trinajstić information content (AvgIpc) is 3.52. The van der Waals surface area contributed by atoms with E-state index in [1.807, 2.05) is 6.07 Å². The molecule has 3 nitrogen and oxygen atoms in total. The monoisotopic (exact) mass is 678 g/mol. The van der Waals surface area contributed by atoms with Crippen molar-refractivity contribution in [1.29, 1.82) is 0 Å². The first-order valence-electron chi connectivity index (χ1n) is 18.1. The van der Waals surface area contributed by atoms with Crippen molar-refractivity contribution in [3.8, 4) is 22.3 Å². The summed E-state index contributed by atoms with van der Waals surface area (Å²) in [5, 5.41) is 6.87. The molecule has 2 heterocycles. The Labute approximate surface area is 307 Å². The van der Waals surface area contributed by atoms with Crippen molar-refractivity contribution in [2.75, 3.05) is 0 Å². The quantitative estimate of drug-likeness (QED) is 0.179. The third kappa shape index (κ3) is 5.55. The summed E-state index contributed by atoms with van der Waals surface area (Å²) >= 11 is 0. The molecule has 9 aromatic rings. The molecule has 0 saturated heterocycles. The Kier molecular flexibility index (Phi) is 7.43. The van der Waals surface area contributed by atoms with Crippen LogP contribution in [-0.4, -0.2) is 11.5 Å². The van der Waals surface area contributed by atoms with E-state index in [1.54, 1.807) is 0 Å². The molecule has 0 unspecified atom stereocenters. The van der Waals surface area contributed by atoms with Gasteiger partial charge in [-0.05, 0) is 80.6 Å². The lowest BCUT2D eigenvalue weighted by atomic mass is 9.96. The highest BCUT2D eigenvalue weighted by molar-refractivity contribution is 6.24. The van der Waals surface area contributed by atoms with Gasteiger partial charge in [0.25, 0.3) is 0 Å². The molecule has 1 aromatic heterocycles. The van der Waals surface area contributed by atoms with E-state index in [0.717, 1.165) is 61.2 Å². The number of para-hydroxylation sites is 1. The zero-order valence-electron chi connectivity index (χ0n) is 29.3. The highest BCUT2D eigenvalue weighted by Gasteiger charge is 2.22. The summed E-state index contributed by atoms with van der Waals surface area (Å²) in [6.07, 6.45) is 0.680. The molecule has 0 N–H and O–H groups in total. The third-order valence-electron chi connectivity index (χ3n) is 10.4. The summed E-state index contributed by atoms with van der Waals surface area (Å²) < 4.78 is 6.73. The molecule has 0 spiro atoms. The van der Waals surface area contributed by atoms with Crippen LogP contribution in [0.25, 0.3) is 71.4 Å². The number of hydrogen-bond acceptors (Lipinski definition) is 3. The smallest absolute Gasteiger partial charge is 0.160 e. The van der Waals surface area contributed by atoms with Crippen LogP contribution < -0.4 is 0 Å². The number of aliphatic imine (C=N–C) groups is 2. The molecule has 10 rings (SSSR count).